The molecule has 0 radical (unpaired) electrons. The van der Waals surface area contributed by atoms with E-state index in [9.17, 15) is 9.90 Å². The van der Waals surface area contributed by atoms with E-state index in [2.05, 4.69) is 37.2 Å². The lowest BCUT2D eigenvalue weighted by molar-refractivity contribution is 0.102. The molecule has 0 bridgehead atoms. The number of carbonyl (C=O) groups is 1. The molecule has 0 spiro atoms. The van der Waals surface area contributed by atoms with E-state index in [1.165, 1.54) is 12.1 Å². The van der Waals surface area contributed by atoms with Crippen LogP contribution in [0.5, 0.6) is 5.75 Å². The third-order valence-electron chi connectivity index (χ3n) is 2.40. The van der Waals surface area contributed by atoms with Gasteiger partial charge in [0.25, 0.3) is 5.91 Å². The molecule has 2 rings (SSSR count). The van der Waals surface area contributed by atoms with Gasteiger partial charge in [-0.05, 0) is 46.3 Å². The van der Waals surface area contributed by atoms with Crippen LogP contribution in [0.1, 0.15) is 10.4 Å². The van der Waals surface area contributed by atoms with Gasteiger partial charge < -0.3 is 10.4 Å². The molecular weight excluding hydrogens is 397 g/mol. The fraction of sp³-hybridized carbons (Fsp3) is 0. The molecular formula is C13H8Br2ClNO2. The number of hydrogen-bond acceptors (Lipinski definition) is 2. The van der Waals surface area contributed by atoms with Gasteiger partial charge >= 0.3 is 0 Å². The van der Waals surface area contributed by atoms with Gasteiger partial charge in [0.1, 0.15) is 5.75 Å². The van der Waals surface area contributed by atoms with Crippen molar-refractivity contribution in [2.24, 2.45) is 0 Å². The lowest BCUT2D eigenvalue weighted by Crippen LogP contribution is -2.12. The molecule has 0 aliphatic heterocycles. The number of halogens is 3. The normalized spacial score (nSPS) is 10.3. The molecule has 0 atom stereocenters. The van der Waals surface area contributed by atoms with Crippen molar-refractivity contribution in [1.29, 1.82) is 0 Å². The summed E-state index contributed by atoms with van der Waals surface area (Å²) in [7, 11) is 0. The lowest BCUT2D eigenvalue weighted by Gasteiger charge is -2.09. The third kappa shape index (κ3) is 3.29. The molecule has 2 aromatic rings. The highest BCUT2D eigenvalue weighted by Crippen LogP contribution is 2.31. The maximum atomic E-state index is 12.1. The topological polar surface area (TPSA) is 49.3 Å². The van der Waals surface area contributed by atoms with Crippen molar-refractivity contribution in [3.63, 3.8) is 0 Å². The Balaban J connectivity index is 2.28. The summed E-state index contributed by atoms with van der Waals surface area (Å²) in [5.74, 6) is -0.502. The Bertz CT molecular complexity index is 647. The summed E-state index contributed by atoms with van der Waals surface area (Å²) in [6.45, 7) is 0. The van der Waals surface area contributed by atoms with E-state index in [1.54, 1.807) is 24.3 Å². The molecule has 0 saturated heterocycles. The largest absolute Gasteiger partial charge is 0.507 e. The lowest BCUT2D eigenvalue weighted by atomic mass is 10.2. The van der Waals surface area contributed by atoms with Gasteiger partial charge in [-0.15, -0.1) is 0 Å². The molecule has 0 fully saturated rings. The molecule has 98 valence electrons. The zero-order valence-corrected chi connectivity index (χ0v) is 13.4. The summed E-state index contributed by atoms with van der Waals surface area (Å²) in [4.78, 5) is 12.1. The molecule has 0 aliphatic rings. The van der Waals surface area contributed by atoms with Crippen LogP contribution in [0.25, 0.3) is 0 Å². The van der Waals surface area contributed by atoms with E-state index >= 15 is 0 Å². The maximum absolute atomic E-state index is 12.1. The van der Waals surface area contributed by atoms with Crippen molar-refractivity contribution < 1.29 is 9.90 Å². The fourth-order valence-electron chi connectivity index (χ4n) is 1.49. The number of anilines is 1. The van der Waals surface area contributed by atoms with Gasteiger partial charge in [-0.3, -0.25) is 4.79 Å². The molecule has 19 heavy (non-hydrogen) atoms. The number of benzene rings is 2. The Hall–Kier alpha value is -1.04. The van der Waals surface area contributed by atoms with Crippen molar-refractivity contribution in [3.8, 4) is 5.75 Å². The van der Waals surface area contributed by atoms with Crippen LogP contribution in [-0.2, 0) is 0 Å². The Morgan fingerprint density at radius 3 is 2.63 bits per heavy atom. The smallest absolute Gasteiger partial charge is 0.259 e. The summed E-state index contributed by atoms with van der Waals surface area (Å²) in [6.07, 6.45) is 0. The minimum Gasteiger partial charge on any atom is -0.507 e. The third-order valence-corrected chi connectivity index (χ3v) is 4.30. The van der Waals surface area contributed by atoms with Gasteiger partial charge in [0.05, 0.1) is 20.7 Å². The zero-order valence-electron chi connectivity index (χ0n) is 9.45. The average molecular weight is 405 g/mol. The Labute approximate surface area is 131 Å². The Morgan fingerprint density at radius 1 is 1.21 bits per heavy atom. The molecule has 3 nitrogen and oxygen atoms in total. The Kier molecular flexibility index (Phi) is 4.50. The number of phenolic OH excluding ortho intramolecular Hbond substituents is 1. The van der Waals surface area contributed by atoms with Crippen molar-refractivity contribution in [3.05, 3.63) is 55.9 Å². The van der Waals surface area contributed by atoms with Gasteiger partial charge in [0.15, 0.2) is 0 Å². The second-order valence-electron chi connectivity index (χ2n) is 3.72. The summed E-state index contributed by atoms with van der Waals surface area (Å²) >= 11 is 12.5. The first-order valence-electron chi connectivity index (χ1n) is 5.23. The number of nitrogens with one attached hydrogen (secondary N) is 1. The molecule has 0 unspecified atom stereocenters. The molecule has 2 N–H and O–H groups in total. The quantitative estimate of drug-likeness (QED) is 0.752. The van der Waals surface area contributed by atoms with Crippen LogP contribution in [0.4, 0.5) is 5.69 Å². The molecule has 2 aromatic carbocycles. The van der Waals surface area contributed by atoms with Crippen LogP contribution in [-0.4, -0.2) is 11.0 Å². The monoisotopic (exact) mass is 403 g/mol. The summed E-state index contributed by atoms with van der Waals surface area (Å²) in [5.41, 5.74) is 0.731. The highest BCUT2D eigenvalue weighted by molar-refractivity contribution is 9.11. The minimum atomic E-state index is -0.409. The molecule has 6 heteroatoms. The fourth-order valence-corrected chi connectivity index (χ4v) is 2.37. The van der Waals surface area contributed by atoms with E-state index in [1.807, 2.05) is 0 Å². The Morgan fingerprint density at radius 2 is 1.95 bits per heavy atom. The van der Waals surface area contributed by atoms with Gasteiger partial charge in [0, 0.05) is 4.47 Å². The number of carbonyl (C=O) groups excluding carboxylic acids is 1. The second kappa shape index (κ2) is 5.94. The highest BCUT2D eigenvalue weighted by atomic mass is 79.9. The molecule has 0 aromatic heterocycles. The second-order valence-corrected chi connectivity index (χ2v) is 5.83. The van der Waals surface area contributed by atoms with E-state index in [-0.39, 0.29) is 11.3 Å². The molecule has 0 saturated carbocycles. The number of rotatable bonds is 2. The van der Waals surface area contributed by atoms with Crippen molar-refractivity contribution in [1.82, 2.24) is 0 Å². The molecule has 1 amide bonds. The van der Waals surface area contributed by atoms with Gasteiger partial charge in [-0.1, -0.05) is 33.6 Å². The van der Waals surface area contributed by atoms with Crippen LogP contribution in [0.2, 0.25) is 5.02 Å². The predicted molar refractivity (Wildman–Crippen MR) is 82.9 cm³/mol. The summed E-state index contributed by atoms with van der Waals surface area (Å²) in [6, 6.07) is 9.82. The van der Waals surface area contributed by atoms with E-state index in [4.69, 9.17) is 11.6 Å². The van der Waals surface area contributed by atoms with E-state index < -0.39 is 5.91 Å². The molecule has 0 heterocycles. The summed E-state index contributed by atoms with van der Waals surface area (Å²) in [5, 5.41) is 12.9. The first-order valence-corrected chi connectivity index (χ1v) is 7.19. The van der Waals surface area contributed by atoms with Crippen molar-refractivity contribution >= 4 is 55.1 Å². The number of hydrogen-bond donors (Lipinski definition) is 2. The SMILES string of the molecule is O=C(Nc1cccc(Cl)c1Br)c1ccc(Br)cc1O. The predicted octanol–water partition coefficient (Wildman–Crippen LogP) is 4.82. The maximum Gasteiger partial charge on any atom is 0.259 e. The molecule has 0 aliphatic carbocycles. The van der Waals surface area contributed by atoms with Crippen molar-refractivity contribution in [2.45, 2.75) is 0 Å². The van der Waals surface area contributed by atoms with Crippen LogP contribution in [0.15, 0.2) is 45.3 Å². The van der Waals surface area contributed by atoms with Crippen LogP contribution < -0.4 is 5.32 Å². The number of phenols is 1. The minimum absolute atomic E-state index is 0.0926. The first-order chi connectivity index (χ1) is 8.99. The van der Waals surface area contributed by atoms with Crippen LogP contribution in [0, 0.1) is 0 Å². The van der Waals surface area contributed by atoms with Crippen molar-refractivity contribution in [2.75, 3.05) is 5.32 Å². The van der Waals surface area contributed by atoms with Gasteiger partial charge in [-0.25, -0.2) is 0 Å². The number of aromatic hydroxyl groups is 1. The van der Waals surface area contributed by atoms with Gasteiger partial charge in [-0.2, -0.15) is 0 Å². The number of amides is 1. The van der Waals surface area contributed by atoms with Crippen LogP contribution in [0.3, 0.4) is 0 Å². The summed E-state index contributed by atoms with van der Waals surface area (Å²) < 4.78 is 1.30. The van der Waals surface area contributed by atoms with Crippen LogP contribution >= 0.6 is 43.5 Å². The highest BCUT2D eigenvalue weighted by Gasteiger charge is 2.13. The zero-order chi connectivity index (χ0) is 14.0. The van der Waals surface area contributed by atoms with Gasteiger partial charge in [0.2, 0.25) is 0 Å². The van der Waals surface area contributed by atoms with E-state index in [0.29, 0.717) is 19.7 Å². The first kappa shape index (κ1) is 14.4. The average Bonchev–Trinajstić information content (AvgIpc) is 2.34. The van der Waals surface area contributed by atoms with E-state index in [0.717, 1.165) is 0 Å². The standard InChI is InChI=1S/C13H8Br2ClNO2/c14-7-4-5-8(11(18)6-7)13(19)17-10-3-1-2-9(16)12(10)15/h1-6,18H,(H,17,19).